The van der Waals surface area contributed by atoms with Crippen LogP contribution in [0.1, 0.15) is 33.3 Å². The summed E-state index contributed by atoms with van der Waals surface area (Å²) >= 11 is 1.36. The maximum atomic E-state index is 12.2. The second-order valence-electron chi connectivity index (χ2n) is 5.16. The number of rotatable bonds is 4. The predicted molar refractivity (Wildman–Crippen MR) is 93.6 cm³/mol. The Bertz CT molecular complexity index is 737. The highest BCUT2D eigenvalue weighted by atomic mass is 32.1. The highest BCUT2D eigenvalue weighted by Gasteiger charge is 2.22. The normalized spacial score (nSPS) is 10.3. The number of anilines is 2. The molecule has 0 spiro atoms. The number of thiophene rings is 1. The molecule has 2 amide bonds. The van der Waals surface area contributed by atoms with E-state index in [4.69, 9.17) is 4.74 Å². The molecule has 2 N–H and O–H groups in total. The standard InChI is InChI=1S/C17H20N2O3S/c1-5-22-16(20)14-11(3)12(4)23-15(14)19-17(21)18-13-8-6-7-10(2)9-13/h6-9H,5H2,1-4H3,(H2,18,19,21). The van der Waals surface area contributed by atoms with E-state index in [0.29, 0.717) is 22.9 Å². The topological polar surface area (TPSA) is 67.4 Å². The van der Waals surface area contributed by atoms with Crippen LogP contribution in [0.5, 0.6) is 0 Å². The molecule has 0 aliphatic heterocycles. The number of ether oxygens (including phenoxy) is 1. The second kappa shape index (κ2) is 7.28. The van der Waals surface area contributed by atoms with Gasteiger partial charge in [0.05, 0.1) is 12.2 Å². The molecule has 2 aromatic rings. The number of hydrogen-bond acceptors (Lipinski definition) is 4. The quantitative estimate of drug-likeness (QED) is 0.810. The van der Waals surface area contributed by atoms with Crippen LogP contribution in [-0.4, -0.2) is 18.6 Å². The van der Waals surface area contributed by atoms with Crippen molar-refractivity contribution in [2.24, 2.45) is 0 Å². The van der Waals surface area contributed by atoms with Gasteiger partial charge in [0, 0.05) is 10.6 Å². The minimum absolute atomic E-state index is 0.294. The Balaban J connectivity index is 2.17. The van der Waals surface area contributed by atoms with Gasteiger partial charge in [0.2, 0.25) is 0 Å². The maximum Gasteiger partial charge on any atom is 0.341 e. The summed E-state index contributed by atoms with van der Waals surface area (Å²) in [5.41, 5.74) is 3.01. The summed E-state index contributed by atoms with van der Waals surface area (Å²) < 4.78 is 5.07. The van der Waals surface area contributed by atoms with Gasteiger partial charge in [0.15, 0.2) is 0 Å². The first kappa shape index (κ1) is 17.0. The van der Waals surface area contributed by atoms with Gasteiger partial charge >= 0.3 is 12.0 Å². The van der Waals surface area contributed by atoms with E-state index in [-0.39, 0.29) is 6.03 Å². The number of esters is 1. The van der Waals surface area contributed by atoms with E-state index in [1.165, 1.54) is 11.3 Å². The zero-order chi connectivity index (χ0) is 17.0. The zero-order valence-corrected chi connectivity index (χ0v) is 14.5. The average molecular weight is 332 g/mol. The molecule has 1 aromatic heterocycles. The van der Waals surface area contributed by atoms with Gasteiger partial charge in [-0.05, 0) is 51.0 Å². The number of hydrogen-bond donors (Lipinski definition) is 2. The van der Waals surface area contributed by atoms with Crippen LogP contribution in [0.3, 0.4) is 0 Å². The molecule has 0 fully saturated rings. The van der Waals surface area contributed by atoms with E-state index in [1.54, 1.807) is 6.92 Å². The maximum absolute atomic E-state index is 12.2. The van der Waals surface area contributed by atoms with Crippen LogP contribution >= 0.6 is 11.3 Å². The molecule has 0 radical (unpaired) electrons. The summed E-state index contributed by atoms with van der Waals surface area (Å²) in [5.74, 6) is -0.416. The lowest BCUT2D eigenvalue weighted by Gasteiger charge is -2.09. The van der Waals surface area contributed by atoms with Crippen molar-refractivity contribution in [2.75, 3.05) is 17.2 Å². The fourth-order valence-corrected chi connectivity index (χ4v) is 3.20. The minimum Gasteiger partial charge on any atom is -0.462 e. The molecule has 0 atom stereocenters. The highest BCUT2D eigenvalue weighted by Crippen LogP contribution is 2.33. The van der Waals surface area contributed by atoms with Crippen molar-refractivity contribution in [3.63, 3.8) is 0 Å². The lowest BCUT2D eigenvalue weighted by Crippen LogP contribution is -2.20. The van der Waals surface area contributed by atoms with Gasteiger partial charge in [-0.1, -0.05) is 12.1 Å². The molecule has 1 aromatic carbocycles. The molecule has 0 unspecified atom stereocenters. The van der Waals surface area contributed by atoms with Gasteiger partial charge in [0.1, 0.15) is 5.00 Å². The third-order valence-electron chi connectivity index (χ3n) is 3.37. The molecule has 122 valence electrons. The third-order valence-corrected chi connectivity index (χ3v) is 4.49. The monoisotopic (exact) mass is 332 g/mol. The van der Waals surface area contributed by atoms with Gasteiger partial charge in [-0.15, -0.1) is 11.3 Å². The van der Waals surface area contributed by atoms with Gasteiger partial charge in [-0.3, -0.25) is 5.32 Å². The predicted octanol–water partition coefficient (Wildman–Crippen LogP) is 4.49. The number of aryl methyl sites for hydroxylation is 2. The molecule has 0 saturated heterocycles. The molecular formula is C17H20N2O3S. The van der Waals surface area contributed by atoms with E-state index in [0.717, 1.165) is 16.0 Å². The summed E-state index contributed by atoms with van der Waals surface area (Å²) in [6, 6.07) is 7.12. The zero-order valence-electron chi connectivity index (χ0n) is 13.6. The van der Waals surface area contributed by atoms with E-state index in [2.05, 4.69) is 10.6 Å². The lowest BCUT2D eigenvalue weighted by atomic mass is 10.1. The van der Waals surface area contributed by atoms with E-state index in [9.17, 15) is 9.59 Å². The summed E-state index contributed by atoms with van der Waals surface area (Å²) in [4.78, 5) is 25.2. The Hall–Kier alpha value is -2.34. The van der Waals surface area contributed by atoms with Crippen LogP contribution in [0.2, 0.25) is 0 Å². The van der Waals surface area contributed by atoms with Crippen molar-refractivity contribution in [1.29, 1.82) is 0 Å². The molecule has 6 heteroatoms. The van der Waals surface area contributed by atoms with Gasteiger partial charge < -0.3 is 10.1 Å². The molecule has 0 saturated carbocycles. The Morgan fingerprint density at radius 1 is 1.17 bits per heavy atom. The Labute approximate surface area is 139 Å². The van der Waals surface area contributed by atoms with Crippen molar-refractivity contribution in [1.82, 2.24) is 0 Å². The number of amides is 2. The molecule has 0 aliphatic carbocycles. The van der Waals surface area contributed by atoms with Crippen molar-refractivity contribution in [2.45, 2.75) is 27.7 Å². The van der Waals surface area contributed by atoms with Crippen LogP contribution in [-0.2, 0) is 4.74 Å². The Morgan fingerprint density at radius 2 is 1.91 bits per heavy atom. The molecule has 5 nitrogen and oxygen atoms in total. The SMILES string of the molecule is CCOC(=O)c1c(NC(=O)Nc2cccc(C)c2)sc(C)c1C. The number of carbonyl (C=O) groups excluding carboxylic acids is 2. The summed E-state index contributed by atoms with van der Waals surface area (Å²) in [6.07, 6.45) is 0. The van der Waals surface area contributed by atoms with Crippen LogP contribution in [0.15, 0.2) is 24.3 Å². The summed E-state index contributed by atoms with van der Waals surface area (Å²) in [5, 5.41) is 6.01. The third kappa shape index (κ3) is 4.10. The number of benzene rings is 1. The Kier molecular flexibility index (Phi) is 5.39. The van der Waals surface area contributed by atoms with Crippen LogP contribution in [0.4, 0.5) is 15.5 Å². The van der Waals surface area contributed by atoms with E-state index in [1.807, 2.05) is 45.0 Å². The summed E-state index contributed by atoms with van der Waals surface area (Å²) in [6.45, 7) is 7.76. The van der Waals surface area contributed by atoms with Crippen LogP contribution in [0, 0.1) is 20.8 Å². The minimum atomic E-state index is -0.416. The first-order chi connectivity index (χ1) is 10.9. The molecule has 2 rings (SSSR count). The Morgan fingerprint density at radius 3 is 2.57 bits per heavy atom. The smallest absolute Gasteiger partial charge is 0.341 e. The average Bonchev–Trinajstić information content (AvgIpc) is 2.73. The first-order valence-electron chi connectivity index (χ1n) is 7.34. The lowest BCUT2D eigenvalue weighted by molar-refractivity contribution is 0.0527. The van der Waals surface area contributed by atoms with Crippen molar-refractivity contribution < 1.29 is 14.3 Å². The molecular weight excluding hydrogens is 312 g/mol. The van der Waals surface area contributed by atoms with Crippen LogP contribution < -0.4 is 10.6 Å². The molecule has 1 heterocycles. The second-order valence-corrected chi connectivity index (χ2v) is 6.38. The molecule has 0 aliphatic rings. The highest BCUT2D eigenvalue weighted by molar-refractivity contribution is 7.16. The fraction of sp³-hybridized carbons (Fsp3) is 0.294. The molecule has 0 bridgehead atoms. The van der Waals surface area contributed by atoms with E-state index >= 15 is 0 Å². The van der Waals surface area contributed by atoms with Gasteiger partial charge in [-0.2, -0.15) is 0 Å². The fourth-order valence-electron chi connectivity index (χ4n) is 2.15. The first-order valence-corrected chi connectivity index (χ1v) is 8.15. The van der Waals surface area contributed by atoms with Crippen LogP contribution in [0.25, 0.3) is 0 Å². The summed E-state index contributed by atoms with van der Waals surface area (Å²) in [7, 11) is 0. The van der Waals surface area contributed by atoms with Crippen molar-refractivity contribution >= 4 is 34.0 Å². The van der Waals surface area contributed by atoms with Crippen molar-refractivity contribution in [3.05, 3.63) is 45.8 Å². The van der Waals surface area contributed by atoms with E-state index < -0.39 is 5.97 Å². The molecule has 23 heavy (non-hydrogen) atoms. The number of carbonyl (C=O) groups is 2. The van der Waals surface area contributed by atoms with Crippen molar-refractivity contribution in [3.8, 4) is 0 Å². The van der Waals surface area contributed by atoms with Gasteiger partial charge in [-0.25, -0.2) is 9.59 Å². The number of urea groups is 1. The van der Waals surface area contributed by atoms with Gasteiger partial charge in [0.25, 0.3) is 0 Å². The largest absolute Gasteiger partial charge is 0.462 e. The number of nitrogens with one attached hydrogen (secondary N) is 2.